The maximum atomic E-state index is 13.1. The van der Waals surface area contributed by atoms with Crippen LogP contribution in [0.25, 0.3) is 5.65 Å². The molecule has 29 heavy (non-hydrogen) atoms. The van der Waals surface area contributed by atoms with Gasteiger partial charge in [-0.1, -0.05) is 18.2 Å². The number of nitrogens with zero attached hydrogens (tertiary/aromatic N) is 4. The van der Waals surface area contributed by atoms with Gasteiger partial charge in [-0.2, -0.15) is 0 Å². The molecule has 0 spiro atoms. The van der Waals surface area contributed by atoms with Crippen LogP contribution < -0.4 is 4.90 Å². The maximum Gasteiger partial charge on any atom is 0.223 e. The monoisotopic (exact) mass is 392 g/mol. The van der Waals surface area contributed by atoms with E-state index in [9.17, 15) is 4.79 Å². The minimum absolute atomic E-state index is 0.0571. The van der Waals surface area contributed by atoms with Crippen LogP contribution in [0.1, 0.15) is 29.2 Å². The first kappa shape index (κ1) is 19.5. The summed E-state index contributed by atoms with van der Waals surface area (Å²) < 4.78 is 7.52. The fourth-order valence-electron chi connectivity index (χ4n) is 3.94. The van der Waals surface area contributed by atoms with Gasteiger partial charge >= 0.3 is 0 Å². The van der Waals surface area contributed by atoms with Gasteiger partial charge in [0, 0.05) is 57.6 Å². The topological polar surface area (TPSA) is 50.1 Å². The summed E-state index contributed by atoms with van der Waals surface area (Å²) in [6.45, 7) is 4.62. The van der Waals surface area contributed by atoms with Gasteiger partial charge in [-0.25, -0.2) is 4.98 Å². The number of imidazole rings is 1. The largest absolute Gasteiger partial charge is 0.378 e. The number of aryl methyl sites for hydroxylation is 1. The van der Waals surface area contributed by atoms with E-state index >= 15 is 0 Å². The Balaban J connectivity index is 1.71. The van der Waals surface area contributed by atoms with Crippen LogP contribution in [0, 0.1) is 6.92 Å². The average Bonchev–Trinajstić information content (AvgIpc) is 3.18. The SMILES string of the molecule is Cc1cccn2c(C(CC(=O)N3CCOCC3)c3ccc(N(C)C)cc3)cnc12. The summed E-state index contributed by atoms with van der Waals surface area (Å²) in [5, 5.41) is 0. The first-order valence-corrected chi connectivity index (χ1v) is 10.1. The van der Waals surface area contributed by atoms with Crippen LogP contribution >= 0.6 is 0 Å². The van der Waals surface area contributed by atoms with Crippen LogP contribution in [0.15, 0.2) is 48.8 Å². The lowest BCUT2D eigenvalue weighted by molar-refractivity contribution is -0.135. The summed E-state index contributed by atoms with van der Waals surface area (Å²) in [4.78, 5) is 21.7. The first-order valence-electron chi connectivity index (χ1n) is 10.1. The van der Waals surface area contributed by atoms with Gasteiger partial charge in [0.15, 0.2) is 0 Å². The van der Waals surface area contributed by atoms with Gasteiger partial charge < -0.3 is 18.9 Å². The molecule has 4 rings (SSSR count). The number of carbonyl (C=O) groups excluding carboxylic acids is 1. The molecule has 1 saturated heterocycles. The lowest BCUT2D eigenvalue weighted by Crippen LogP contribution is -2.41. The van der Waals surface area contributed by atoms with Crippen molar-refractivity contribution in [3.63, 3.8) is 0 Å². The van der Waals surface area contributed by atoms with Crippen LogP contribution in [-0.2, 0) is 9.53 Å². The fourth-order valence-corrected chi connectivity index (χ4v) is 3.94. The van der Waals surface area contributed by atoms with E-state index in [2.05, 4.69) is 51.5 Å². The van der Waals surface area contributed by atoms with Crippen molar-refractivity contribution in [3.05, 3.63) is 65.6 Å². The molecule has 6 nitrogen and oxygen atoms in total. The molecule has 0 N–H and O–H groups in total. The molecule has 0 saturated carbocycles. The molecular formula is C23H28N4O2. The Bertz CT molecular complexity index is 988. The summed E-state index contributed by atoms with van der Waals surface area (Å²) in [5.41, 5.74) is 5.38. The Morgan fingerprint density at radius 1 is 1.17 bits per heavy atom. The fraction of sp³-hybridized carbons (Fsp3) is 0.391. The Hall–Kier alpha value is -2.86. The van der Waals surface area contributed by atoms with E-state index in [1.807, 2.05) is 37.5 Å². The van der Waals surface area contributed by atoms with Gasteiger partial charge in [0.1, 0.15) is 5.65 Å². The number of hydrogen-bond acceptors (Lipinski definition) is 4. The molecule has 1 amide bonds. The van der Waals surface area contributed by atoms with Crippen molar-refractivity contribution in [2.75, 3.05) is 45.3 Å². The zero-order valence-electron chi connectivity index (χ0n) is 17.3. The number of carbonyl (C=O) groups is 1. The molecule has 1 aliphatic heterocycles. The van der Waals surface area contributed by atoms with Crippen molar-refractivity contribution < 1.29 is 9.53 Å². The summed E-state index contributed by atoms with van der Waals surface area (Å²) in [5.74, 6) is 0.107. The van der Waals surface area contributed by atoms with Gasteiger partial charge in [-0.05, 0) is 36.2 Å². The average molecular weight is 393 g/mol. The lowest BCUT2D eigenvalue weighted by Gasteiger charge is -2.28. The number of amides is 1. The number of ether oxygens (including phenoxy) is 1. The minimum Gasteiger partial charge on any atom is -0.378 e. The van der Waals surface area contributed by atoms with Crippen molar-refractivity contribution in [1.82, 2.24) is 14.3 Å². The zero-order chi connectivity index (χ0) is 20.4. The second kappa shape index (κ2) is 8.25. The Morgan fingerprint density at radius 2 is 1.90 bits per heavy atom. The molecule has 1 aliphatic rings. The Labute approximate surface area is 171 Å². The molecule has 3 heterocycles. The molecule has 3 aromatic rings. The van der Waals surface area contributed by atoms with E-state index in [4.69, 9.17) is 4.74 Å². The highest BCUT2D eigenvalue weighted by Gasteiger charge is 2.26. The molecule has 1 fully saturated rings. The van der Waals surface area contributed by atoms with Gasteiger partial charge in [0.05, 0.1) is 18.9 Å². The Morgan fingerprint density at radius 3 is 2.59 bits per heavy atom. The number of rotatable bonds is 5. The van der Waals surface area contributed by atoms with Gasteiger partial charge in [-0.3, -0.25) is 4.79 Å². The first-order chi connectivity index (χ1) is 14.0. The molecular weight excluding hydrogens is 364 g/mol. The number of fused-ring (bicyclic) bond motifs is 1. The summed E-state index contributed by atoms with van der Waals surface area (Å²) in [6.07, 6.45) is 4.37. The van der Waals surface area contributed by atoms with Crippen LogP contribution in [0.4, 0.5) is 5.69 Å². The van der Waals surface area contributed by atoms with E-state index in [-0.39, 0.29) is 11.8 Å². The van der Waals surface area contributed by atoms with Crippen LogP contribution in [0.5, 0.6) is 0 Å². The van der Waals surface area contributed by atoms with Crippen molar-refractivity contribution in [2.45, 2.75) is 19.3 Å². The quantitative estimate of drug-likeness (QED) is 0.670. The predicted octanol–water partition coefficient (Wildman–Crippen LogP) is 3.09. The molecule has 152 valence electrons. The molecule has 1 atom stereocenters. The molecule has 6 heteroatoms. The lowest BCUT2D eigenvalue weighted by atomic mass is 9.91. The van der Waals surface area contributed by atoms with Crippen LogP contribution in [-0.4, -0.2) is 60.6 Å². The van der Waals surface area contributed by atoms with Crippen molar-refractivity contribution in [3.8, 4) is 0 Å². The smallest absolute Gasteiger partial charge is 0.223 e. The van der Waals surface area contributed by atoms with Crippen molar-refractivity contribution in [2.24, 2.45) is 0 Å². The summed E-state index contributed by atoms with van der Waals surface area (Å²) in [7, 11) is 4.06. The number of morpholine rings is 1. The van der Waals surface area contributed by atoms with E-state index in [1.54, 1.807) is 0 Å². The molecule has 0 bridgehead atoms. The van der Waals surface area contributed by atoms with Crippen molar-refractivity contribution >= 4 is 17.2 Å². The van der Waals surface area contributed by atoms with Crippen molar-refractivity contribution in [1.29, 1.82) is 0 Å². The molecule has 1 unspecified atom stereocenters. The van der Waals surface area contributed by atoms with Crippen LogP contribution in [0.2, 0.25) is 0 Å². The molecule has 1 aromatic carbocycles. The third kappa shape index (κ3) is 3.98. The highest BCUT2D eigenvalue weighted by Crippen LogP contribution is 2.31. The number of benzene rings is 1. The maximum absolute atomic E-state index is 13.1. The van der Waals surface area contributed by atoms with E-state index in [0.29, 0.717) is 32.7 Å². The number of aromatic nitrogens is 2. The standard InChI is InChI=1S/C23H28N4O2/c1-17-5-4-10-27-21(16-24-23(17)27)20(15-22(28)26-11-13-29-14-12-26)18-6-8-19(9-7-18)25(2)3/h4-10,16,20H,11-15H2,1-3H3. The zero-order valence-corrected chi connectivity index (χ0v) is 17.3. The highest BCUT2D eigenvalue weighted by atomic mass is 16.5. The molecule has 0 radical (unpaired) electrons. The second-order valence-electron chi connectivity index (χ2n) is 7.80. The minimum atomic E-state index is -0.0571. The van der Waals surface area contributed by atoms with Gasteiger partial charge in [0.2, 0.25) is 5.91 Å². The number of anilines is 1. The highest BCUT2D eigenvalue weighted by molar-refractivity contribution is 5.78. The van der Waals surface area contributed by atoms with E-state index in [1.165, 1.54) is 0 Å². The Kier molecular flexibility index (Phi) is 5.53. The van der Waals surface area contributed by atoms with E-state index in [0.717, 1.165) is 28.2 Å². The third-order valence-corrected chi connectivity index (χ3v) is 5.67. The summed E-state index contributed by atoms with van der Waals surface area (Å²) in [6, 6.07) is 12.6. The summed E-state index contributed by atoms with van der Waals surface area (Å²) >= 11 is 0. The van der Waals surface area contributed by atoms with Gasteiger partial charge in [0.25, 0.3) is 0 Å². The normalized spacial score (nSPS) is 15.5. The second-order valence-corrected chi connectivity index (χ2v) is 7.80. The third-order valence-electron chi connectivity index (χ3n) is 5.67. The molecule has 0 aliphatic carbocycles. The number of pyridine rings is 1. The molecule has 2 aromatic heterocycles. The van der Waals surface area contributed by atoms with Crippen LogP contribution in [0.3, 0.4) is 0 Å². The number of hydrogen-bond donors (Lipinski definition) is 0. The van der Waals surface area contributed by atoms with Gasteiger partial charge in [-0.15, -0.1) is 0 Å². The van der Waals surface area contributed by atoms with E-state index < -0.39 is 0 Å². The predicted molar refractivity (Wildman–Crippen MR) is 115 cm³/mol.